The molecule has 1 heterocycles. The fraction of sp³-hybridized carbons (Fsp3) is 0.308. The van der Waals surface area contributed by atoms with Crippen LogP contribution in [0.15, 0.2) is 24.3 Å². The van der Waals surface area contributed by atoms with Gasteiger partial charge in [-0.3, -0.25) is 9.59 Å². The Morgan fingerprint density at radius 2 is 2.37 bits per heavy atom. The van der Waals surface area contributed by atoms with Crippen LogP contribution in [0.5, 0.6) is 0 Å². The second kappa shape index (κ2) is 6.25. The van der Waals surface area contributed by atoms with Gasteiger partial charge in [-0.25, -0.2) is 0 Å². The molecule has 1 fully saturated rings. The summed E-state index contributed by atoms with van der Waals surface area (Å²) in [6.07, 6.45) is 0. The van der Waals surface area contributed by atoms with E-state index in [9.17, 15) is 9.59 Å². The van der Waals surface area contributed by atoms with Gasteiger partial charge in [-0.05, 0) is 17.7 Å². The largest absolute Gasteiger partial charge is 0.350 e. The SMILES string of the molecule is N#Cc1cccc(CNC(=O)CN2CSCC2=O)c1. The Kier molecular flexibility index (Phi) is 4.42. The van der Waals surface area contributed by atoms with E-state index in [4.69, 9.17) is 5.26 Å². The molecule has 2 rings (SSSR count). The van der Waals surface area contributed by atoms with E-state index >= 15 is 0 Å². The molecule has 0 saturated carbocycles. The lowest BCUT2D eigenvalue weighted by Gasteiger charge is -2.14. The molecule has 1 aliphatic heterocycles. The Labute approximate surface area is 115 Å². The molecular formula is C13H13N3O2S. The van der Waals surface area contributed by atoms with E-state index in [1.807, 2.05) is 6.07 Å². The first-order chi connectivity index (χ1) is 9.19. The highest BCUT2D eigenvalue weighted by molar-refractivity contribution is 8.00. The van der Waals surface area contributed by atoms with Crippen LogP contribution in [0.3, 0.4) is 0 Å². The maximum atomic E-state index is 11.7. The van der Waals surface area contributed by atoms with E-state index in [-0.39, 0.29) is 18.4 Å². The third-order valence-electron chi connectivity index (χ3n) is 2.71. The van der Waals surface area contributed by atoms with Crippen molar-refractivity contribution >= 4 is 23.6 Å². The molecular weight excluding hydrogens is 262 g/mol. The average Bonchev–Trinajstić information content (AvgIpc) is 2.82. The molecule has 0 unspecified atom stereocenters. The van der Waals surface area contributed by atoms with E-state index in [2.05, 4.69) is 11.4 Å². The summed E-state index contributed by atoms with van der Waals surface area (Å²) in [5.41, 5.74) is 1.44. The first kappa shape index (κ1) is 13.4. The molecule has 2 amide bonds. The van der Waals surface area contributed by atoms with Crippen LogP contribution in [0.1, 0.15) is 11.1 Å². The van der Waals surface area contributed by atoms with Crippen molar-refractivity contribution in [2.24, 2.45) is 0 Å². The summed E-state index contributed by atoms with van der Waals surface area (Å²) in [6, 6.07) is 9.12. The summed E-state index contributed by atoms with van der Waals surface area (Å²) in [7, 11) is 0. The molecule has 1 aromatic carbocycles. The lowest BCUT2D eigenvalue weighted by Crippen LogP contribution is -2.37. The normalized spacial score (nSPS) is 14.3. The summed E-state index contributed by atoms with van der Waals surface area (Å²) >= 11 is 1.51. The van der Waals surface area contributed by atoms with Crippen molar-refractivity contribution in [3.05, 3.63) is 35.4 Å². The highest BCUT2D eigenvalue weighted by Gasteiger charge is 2.22. The van der Waals surface area contributed by atoms with Gasteiger partial charge in [0.05, 0.1) is 23.3 Å². The third-order valence-corrected chi connectivity index (χ3v) is 3.65. The van der Waals surface area contributed by atoms with Crippen LogP contribution in [0, 0.1) is 11.3 Å². The van der Waals surface area contributed by atoms with Crippen molar-refractivity contribution in [1.29, 1.82) is 5.26 Å². The molecule has 1 aromatic rings. The highest BCUT2D eigenvalue weighted by Crippen LogP contribution is 2.13. The number of thioether (sulfide) groups is 1. The second-order valence-corrected chi connectivity index (χ2v) is 5.11. The van der Waals surface area contributed by atoms with Crippen molar-refractivity contribution in [2.75, 3.05) is 18.2 Å². The molecule has 1 saturated heterocycles. The molecule has 0 radical (unpaired) electrons. The molecule has 0 atom stereocenters. The minimum absolute atomic E-state index is 0.00614. The number of rotatable bonds is 4. The minimum Gasteiger partial charge on any atom is -0.350 e. The Balaban J connectivity index is 1.83. The van der Waals surface area contributed by atoms with Gasteiger partial charge in [0.1, 0.15) is 6.54 Å². The zero-order valence-corrected chi connectivity index (χ0v) is 11.1. The van der Waals surface area contributed by atoms with Crippen molar-refractivity contribution in [3.63, 3.8) is 0 Å². The summed E-state index contributed by atoms with van der Waals surface area (Å²) in [6.45, 7) is 0.466. The maximum Gasteiger partial charge on any atom is 0.239 e. The standard InChI is InChI=1S/C13H13N3O2S/c14-5-10-2-1-3-11(4-10)6-15-12(17)7-16-9-19-8-13(16)18/h1-4H,6-9H2,(H,15,17). The third kappa shape index (κ3) is 3.73. The second-order valence-electron chi connectivity index (χ2n) is 4.16. The minimum atomic E-state index is -0.182. The van der Waals surface area contributed by atoms with Crippen molar-refractivity contribution in [3.8, 4) is 6.07 Å². The van der Waals surface area contributed by atoms with Gasteiger partial charge in [0.15, 0.2) is 0 Å². The number of nitrogens with zero attached hydrogens (tertiary/aromatic N) is 2. The zero-order chi connectivity index (χ0) is 13.7. The fourth-order valence-corrected chi connectivity index (χ4v) is 2.63. The summed E-state index contributed by atoms with van der Waals surface area (Å²) in [5.74, 6) is 0.859. The Morgan fingerprint density at radius 3 is 3.05 bits per heavy atom. The van der Waals surface area contributed by atoms with Gasteiger partial charge in [-0.15, -0.1) is 11.8 Å². The van der Waals surface area contributed by atoms with Gasteiger partial charge in [0, 0.05) is 6.54 Å². The molecule has 98 valence electrons. The van der Waals surface area contributed by atoms with Crippen molar-refractivity contribution < 1.29 is 9.59 Å². The topological polar surface area (TPSA) is 73.2 Å². The molecule has 1 aliphatic rings. The first-order valence-electron chi connectivity index (χ1n) is 5.80. The Hall–Kier alpha value is -2.00. The quantitative estimate of drug-likeness (QED) is 0.878. The van der Waals surface area contributed by atoms with Crippen LogP contribution in [0.4, 0.5) is 0 Å². The number of amides is 2. The predicted octanol–water partition coefficient (Wildman–Crippen LogP) is 0.707. The smallest absolute Gasteiger partial charge is 0.239 e. The van der Waals surface area contributed by atoms with Crippen LogP contribution in [-0.4, -0.2) is 34.9 Å². The number of hydrogen-bond acceptors (Lipinski definition) is 4. The molecule has 0 aromatic heterocycles. The lowest BCUT2D eigenvalue weighted by atomic mass is 10.1. The van der Waals surface area contributed by atoms with Gasteiger partial charge in [-0.2, -0.15) is 5.26 Å². The summed E-state index contributed by atoms with van der Waals surface area (Å²) in [4.78, 5) is 24.6. The number of hydrogen-bond donors (Lipinski definition) is 1. The van der Waals surface area contributed by atoms with Gasteiger partial charge < -0.3 is 10.2 Å². The number of carbonyl (C=O) groups excluding carboxylic acids is 2. The van der Waals surface area contributed by atoms with Gasteiger partial charge in [0.25, 0.3) is 0 Å². The van der Waals surface area contributed by atoms with E-state index in [1.165, 1.54) is 16.7 Å². The predicted molar refractivity (Wildman–Crippen MR) is 72.0 cm³/mol. The summed E-state index contributed by atoms with van der Waals surface area (Å²) in [5, 5.41) is 11.5. The van der Waals surface area contributed by atoms with E-state index < -0.39 is 0 Å². The molecule has 6 heteroatoms. The van der Waals surface area contributed by atoms with Gasteiger partial charge >= 0.3 is 0 Å². The molecule has 19 heavy (non-hydrogen) atoms. The maximum absolute atomic E-state index is 11.7. The average molecular weight is 275 g/mol. The Bertz CT molecular complexity index is 539. The van der Waals surface area contributed by atoms with Gasteiger partial charge in [0.2, 0.25) is 11.8 Å². The molecule has 5 nitrogen and oxygen atoms in total. The lowest BCUT2D eigenvalue weighted by molar-refractivity contribution is -0.132. The Morgan fingerprint density at radius 1 is 1.53 bits per heavy atom. The van der Waals surface area contributed by atoms with Crippen LogP contribution < -0.4 is 5.32 Å². The number of benzene rings is 1. The molecule has 0 spiro atoms. The van der Waals surface area contributed by atoms with Gasteiger partial charge in [-0.1, -0.05) is 12.1 Å². The first-order valence-corrected chi connectivity index (χ1v) is 6.96. The fourth-order valence-electron chi connectivity index (χ4n) is 1.72. The van der Waals surface area contributed by atoms with Crippen molar-refractivity contribution in [1.82, 2.24) is 10.2 Å². The number of nitriles is 1. The van der Waals surface area contributed by atoms with Crippen LogP contribution >= 0.6 is 11.8 Å². The van der Waals surface area contributed by atoms with Crippen LogP contribution in [0.25, 0.3) is 0 Å². The van der Waals surface area contributed by atoms with E-state index in [0.717, 1.165) is 5.56 Å². The monoisotopic (exact) mass is 275 g/mol. The van der Waals surface area contributed by atoms with E-state index in [1.54, 1.807) is 18.2 Å². The number of carbonyl (C=O) groups is 2. The summed E-state index contributed by atoms with van der Waals surface area (Å²) < 4.78 is 0. The highest BCUT2D eigenvalue weighted by atomic mass is 32.2. The van der Waals surface area contributed by atoms with Crippen LogP contribution in [0.2, 0.25) is 0 Å². The van der Waals surface area contributed by atoms with E-state index in [0.29, 0.717) is 23.7 Å². The van der Waals surface area contributed by atoms with Crippen molar-refractivity contribution in [2.45, 2.75) is 6.54 Å². The number of nitrogens with one attached hydrogen (secondary N) is 1. The zero-order valence-electron chi connectivity index (χ0n) is 10.3. The van der Waals surface area contributed by atoms with Crippen LogP contribution in [-0.2, 0) is 16.1 Å². The molecule has 0 bridgehead atoms. The molecule has 0 aliphatic carbocycles. The molecule has 1 N–H and O–H groups in total.